The quantitative estimate of drug-likeness (QED) is 0.668. The number of aromatic nitrogens is 3. The van der Waals surface area contributed by atoms with Crippen LogP contribution in [-0.2, 0) is 11.3 Å². The van der Waals surface area contributed by atoms with Gasteiger partial charge in [0, 0.05) is 12.7 Å². The molecule has 118 valence electrons. The van der Waals surface area contributed by atoms with E-state index in [2.05, 4.69) is 27.5 Å². The fourth-order valence-electron chi connectivity index (χ4n) is 2.31. The van der Waals surface area contributed by atoms with Crippen LogP contribution in [0.1, 0.15) is 24.2 Å². The summed E-state index contributed by atoms with van der Waals surface area (Å²) in [6.07, 6.45) is 1.54. The standard InChI is InChI=1S/C17H17N3O2S/c1-3-20-14-8-6-5-7-13(14)19-17(20)23-15-10-9-12(11-18-15)16(21)22-4-2/h5-11H,3-4H2,1-2H3. The molecule has 3 rings (SSSR count). The molecule has 0 aliphatic carbocycles. The molecule has 6 heteroatoms. The Bertz CT molecular complexity index is 827. The zero-order chi connectivity index (χ0) is 16.2. The Morgan fingerprint density at radius 2 is 2.04 bits per heavy atom. The molecule has 0 amide bonds. The second-order valence-electron chi connectivity index (χ2n) is 4.83. The molecule has 0 unspecified atom stereocenters. The first-order valence-corrected chi connectivity index (χ1v) is 8.31. The first-order valence-electron chi connectivity index (χ1n) is 7.49. The van der Waals surface area contributed by atoms with E-state index in [4.69, 9.17) is 4.74 Å². The van der Waals surface area contributed by atoms with Crippen molar-refractivity contribution in [1.82, 2.24) is 14.5 Å². The maximum Gasteiger partial charge on any atom is 0.339 e. The monoisotopic (exact) mass is 327 g/mol. The molecule has 3 aromatic rings. The van der Waals surface area contributed by atoms with Crippen LogP contribution in [-0.4, -0.2) is 27.1 Å². The van der Waals surface area contributed by atoms with Gasteiger partial charge in [-0.2, -0.15) is 0 Å². The molecule has 0 spiro atoms. The van der Waals surface area contributed by atoms with Crippen LogP contribution < -0.4 is 0 Å². The van der Waals surface area contributed by atoms with Crippen molar-refractivity contribution < 1.29 is 9.53 Å². The van der Waals surface area contributed by atoms with Crippen LogP contribution >= 0.6 is 11.8 Å². The van der Waals surface area contributed by atoms with Gasteiger partial charge in [-0.15, -0.1) is 0 Å². The lowest BCUT2D eigenvalue weighted by molar-refractivity contribution is 0.0525. The third-order valence-electron chi connectivity index (χ3n) is 3.38. The molecule has 0 saturated carbocycles. The van der Waals surface area contributed by atoms with Gasteiger partial charge in [0.15, 0.2) is 5.16 Å². The number of esters is 1. The van der Waals surface area contributed by atoms with Gasteiger partial charge >= 0.3 is 5.97 Å². The number of pyridine rings is 1. The van der Waals surface area contributed by atoms with Gasteiger partial charge in [0.05, 0.1) is 23.2 Å². The van der Waals surface area contributed by atoms with Crippen molar-refractivity contribution in [1.29, 1.82) is 0 Å². The molecule has 2 aromatic heterocycles. The lowest BCUT2D eigenvalue weighted by Gasteiger charge is -2.05. The molecule has 23 heavy (non-hydrogen) atoms. The number of aryl methyl sites for hydroxylation is 1. The van der Waals surface area contributed by atoms with Gasteiger partial charge in [0.2, 0.25) is 0 Å². The zero-order valence-corrected chi connectivity index (χ0v) is 13.8. The second-order valence-corrected chi connectivity index (χ2v) is 5.82. The topological polar surface area (TPSA) is 57.0 Å². The molecule has 0 saturated heterocycles. The third-order valence-corrected chi connectivity index (χ3v) is 4.32. The van der Waals surface area contributed by atoms with Crippen LogP contribution in [0.5, 0.6) is 0 Å². The minimum atomic E-state index is -0.350. The van der Waals surface area contributed by atoms with Crippen molar-refractivity contribution in [3.05, 3.63) is 48.2 Å². The van der Waals surface area contributed by atoms with Gasteiger partial charge in [-0.25, -0.2) is 14.8 Å². The highest BCUT2D eigenvalue weighted by Crippen LogP contribution is 2.29. The number of hydrogen-bond acceptors (Lipinski definition) is 5. The predicted molar refractivity (Wildman–Crippen MR) is 89.7 cm³/mol. The molecular formula is C17H17N3O2S. The van der Waals surface area contributed by atoms with Crippen LogP contribution in [0, 0.1) is 0 Å². The van der Waals surface area contributed by atoms with Crippen molar-refractivity contribution in [3.63, 3.8) is 0 Å². The highest BCUT2D eigenvalue weighted by molar-refractivity contribution is 7.99. The second kappa shape index (κ2) is 6.83. The van der Waals surface area contributed by atoms with Crippen molar-refractivity contribution in [2.75, 3.05) is 6.61 Å². The summed E-state index contributed by atoms with van der Waals surface area (Å²) in [6.45, 7) is 5.07. The first kappa shape index (κ1) is 15.6. The number of carbonyl (C=O) groups is 1. The lowest BCUT2D eigenvalue weighted by atomic mass is 10.3. The number of para-hydroxylation sites is 2. The summed E-state index contributed by atoms with van der Waals surface area (Å²) >= 11 is 1.49. The van der Waals surface area contributed by atoms with Crippen LogP contribution in [0.3, 0.4) is 0 Å². The van der Waals surface area contributed by atoms with E-state index in [1.54, 1.807) is 19.2 Å². The lowest BCUT2D eigenvalue weighted by Crippen LogP contribution is -2.05. The van der Waals surface area contributed by atoms with Gasteiger partial charge < -0.3 is 9.30 Å². The largest absolute Gasteiger partial charge is 0.462 e. The van der Waals surface area contributed by atoms with Crippen LogP contribution in [0.4, 0.5) is 0 Å². The van der Waals surface area contributed by atoms with Crippen molar-refractivity contribution in [2.24, 2.45) is 0 Å². The molecule has 0 atom stereocenters. The van der Waals surface area contributed by atoms with E-state index in [0.717, 1.165) is 27.8 Å². The predicted octanol–water partition coefficient (Wildman–Crippen LogP) is 3.78. The van der Waals surface area contributed by atoms with Crippen LogP contribution in [0.15, 0.2) is 52.8 Å². The maximum absolute atomic E-state index is 11.6. The number of carbonyl (C=O) groups excluding carboxylic acids is 1. The summed E-state index contributed by atoms with van der Waals surface area (Å²) in [5.74, 6) is -0.350. The average Bonchev–Trinajstić information content (AvgIpc) is 2.92. The third kappa shape index (κ3) is 3.22. The van der Waals surface area contributed by atoms with Gasteiger partial charge in [-0.05, 0) is 49.9 Å². The molecule has 2 heterocycles. The molecule has 0 N–H and O–H groups in total. The summed E-state index contributed by atoms with van der Waals surface area (Å²) in [5.41, 5.74) is 2.54. The Labute approximate surface area is 138 Å². The van der Waals surface area contributed by atoms with E-state index in [0.29, 0.717) is 12.2 Å². The smallest absolute Gasteiger partial charge is 0.339 e. The summed E-state index contributed by atoms with van der Waals surface area (Å²) in [4.78, 5) is 20.6. The summed E-state index contributed by atoms with van der Waals surface area (Å²) in [5, 5.41) is 1.69. The van der Waals surface area contributed by atoms with E-state index < -0.39 is 0 Å². The summed E-state index contributed by atoms with van der Waals surface area (Å²) < 4.78 is 7.11. The Balaban J connectivity index is 1.86. The van der Waals surface area contributed by atoms with E-state index in [1.165, 1.54) is 11.8 Å². The molecule has 0 aliphatic rings. The fourth-order valence-corrected chi connectivity index (χ4v) is 3.22. The normalized spacial score (nSPS) is 10.9. The highest BCUT2D eigenvalue weighted by atomic mass is 32.2. The van der Waals surface area contributed by atoms with E-state index >= 15 is 0 Å². The van der Waals surface area contributed by atoms with E-state index in [9.17, 15) is 4.79 Å². The Morgan fingerprint density at radius 3 is 2.74 bits per heavy atom. The molecule has 0 bridgehead atoms. The average molecular weight is 327 g/mol. The number of rotatable bonds is 5. The van der Waals surface area contributed by atoms with Crippen LogP contribution in [0.2, 0.25) is 0 Å². The highest BCUT2D eigenvalue weighted by Gasteiger charge is 2.12. The van der Waals surface area contributed by atoms with Crippen molar-refractivity contribution in [3.8, 4) is 0 Å². The summed E-state index contributed by atoms with van der Waals surface area (Å²) in [7, 11) is 0. The first-order chi connectivity index (χ1) is 11.2. The number of hydrogen-bond donors (Lipinski definition) is 0. The van der Waals surface area contributed by atoms with Gasteiger partial charge in [0.25, 0.3) is 0 Å². The Morgan fingerprint density at radius 1 is 1.22 bits per heavy atom. The Kier molecular flexibility index (Phi) is 4.62. The number of imidazole rings is 1. The zero-order valence-electron chi connectivity index (χ0n) is 13.0. The number of ether oxygens (including phenoxy) is 1. The van der Waals surface area contributed by atoms with Crippen molar-refractivity contribution in [2.45, 2.75) is 30.6 Å². The van der Waals surface area contributed by atoms with E-state index in [-0.39, 0.29) is 5.97 Å². The molecule has 1 aromatic carbocycles. The number of fused-ring (bicyclic) bond motifs is 1. The summed E-state index contributed by atoms with van der Waals surface area (Å²) in [6, 6.07) is 11.6. The van der Waals surface area contributed by atoms with Crippen LogP contribution in [0.25, 0.3) is 11.0 Å². The molecule has 0 fully saturated rings. The van der Waals surface area contributed by atoms with E-state index in [1.807, 2.05) is 24.3 Å². The van der Waals surface area contributed by atoms with Crippen molar-refractivity contribution >= 4 is 28.8 Å². The minimum Gasteiger partial charge on any atom is -0.462 e. The molecule has 5 nitrogen and oxygen atoms in total. The molecular weight excluding hydrogens is 310 g/mol. The van der Waals surface area contributed by atoms with Gasteiger partial charge in [-0.1, -0.05) is 12.1 Å². The fraction of sp³-hybridized carbons (Fsp3) is 0.235. The maximum atomic E-state index is 11.6. The van der Waals surface area contributed by atoms with Gasteiger partial charge in [-0.3, -0.25) is 0 Å². The number of benzene rings is 1. The molecule has 0 aliphatic heterocycles. The molecule has 0 radical (unpaired) electrons. The Hall–Kier alpha value is -2.34. The SMILES string of the molecule is CCOC(=O)c1ccc(Sc2nc3ccccc3n2CC)nc1. The van der Waals surface area contributed by atoms with Gasteiger partial charge in [0.1, 0.15) is 5.03 Å². The number of nitrogens with zero attached hydrogens (tertiary/aromatic N) is 3. The minimum absolute atomic E-state index is 0.350.